The summed E-state index contributed by atoms with van der Waals surface area (Å²) >= 11 is 1.77. The van der Waals surface area contributed by atoms with Crippen LogP contribution in [0.1, 0.15) is 40.0 Å². The fourth-order valence-electron chi connectivity index (χ4n) is 0.855. The summed E-state index contributed by atoms with van der Waals surface area (Å²) in [6.45, 7) is 6.49. The highest BCUT2D eigenvalue weighted by Gasteiger charge is 2.01. The number of thioether (sulfide) groups is 1. The van der Waals surface area contributed by atoms with E-state index in [9.17, 15) is 4.79 Å². The number of rotatable bonds is 7. The maximum Gasteiger partial charge on any atom is 0.142 e. The van der Waals surface area contributed by atoms with Crippen molar-refractivity contribution >= 4 is 17.5 Å². The van der Waals surface area contributed by atoms with Gasteiger partial charge in [0.25, 0.3) is 0 Å². The van der Waals surface area contributed by atoms with Gasteiger partial charge in [-0.15, -0.1) is 0 Å². The largest absolute Gasteiger partial charge is 0.299 e. The van der Waals surface area contributed by atoms with Crippen LogP contribution in [-0.2, 0) is 4.79 Å². The van der Waals surface area contributed by atoms with E-state index < -0.39 is 0 Å². The predicted octanol–water partition coefficient (Wildman–Crippen LogP) is 3.13. The molecule has 0 radical (unpaired) electrons. The molecule has 0 unspecified atom stereocenters. The van der Waals surface area contributed by atoms with Crippen LogP contribution in [0.25, 0.3) is 0 Å². The van der Waals surface area contributed by atoms with Crippen molar-refractivity contribution in [2.45, 2.75) is 40.0 Å². The van der Waals surface area contributed by atoms with Crippen molar-refractivity contribution < 1.29 is 4.79 Å². The summed E-state index contributed by atoms with van der Waals surface area (Å²) in [6, 6.07) is 0. The molecule has 0 heterocycles. The molecule has 0 aromatic carbocycles. The van der Waals surface area contributed by atoms with Crippen molar-refractivity contribution in [3.8, 4) is 0 Å². The van der Waals surface area contributed by atoms with Gasteiger partial charge in [-0.3, -0.25) is 4.79 Å². The van der Waals surface area contributed by atoms with Gasteiger partial charge >= 0.3 is 0 Å². The molecule has 0 N–H and O–H groups in total. The molecule has 0 aromatic heterocycles. The molecule has 1 nitrogen and oxygen atoms in total. The van der Waals surface area contributed by atoms with Crippen LogP contribution < -0.4 is 0 Å². The van der Waals surface area contributed by atoms with Gasteiger partial charge in [0, 0.05) is 6.42 Å². The highest BCUT2D eigenvalue weighted by Crippen LogP contribution is 2.09. The molecule has 0 aliphatic heterocycles. The van der Waals surface area contributed by atoms with Crippen molar-refractivity contribution in [2.24, 2.45) is 5.92 Å². The van der Waals surface area contributed by atoms with Gasteiger partial charge in [-0.05, 0) is 18.1 Å². The smallest absolute Gasteiger partial charge is 0.142 e. The summed E-state index contributed by atoms with van der Waals surface area (Å²) in [7, 11) is 0. The van der Waals surface area contributed by atoms with Crippen molar-refractivity contribution in [1.29, 1.82) is 0 Å². The lowest BCUT2D eigenvalue weighted by Gasteiger charge is -2.03. The van der Waals surface area contributed by atoms with E-state index in [1.165, 1.54) is 0 Å². The highest BCUT2D eigenvalue weighted by molar-refractivity contribution is 7.99. The predicted molar refractivity (Wildman–Crippen MR) is 56.7 cm³/mol. The first-order valence-corrected chi connectivity index (χ1v) is 5.91. The average Bonchev–Trinajstić information content (AvgIpc) is 2.00. The Hall–Kier alpha value is 0.0200. The lowest BCUT2D eigenvalue weighted by Crippen LogP contribution is -2.03. The Labute approximate surface area is 80.3 Å². The van der Waals surface area contributed by atoms with E-state index in [1.807, 2.05) is 0 Å². The first-order valence-electron chi connectivity index (χ1n) is 4.76. The van der Waals surface area contributed by atoms with E-state index >= 15 is 0 Å². The Morgan fingerprint density at radius 3 is 2.58 bits per heavy atom. The standard InChI is InChI=1S/C10H20OS/c1-4-5-6-10(11)8-12-7-9(2)3/h9H,4-8H2,1-3H3. The van der Waals surface area contributed by atoms with Gasteiger partial charge in [-0.25, -0.2) is 0 Å². The lowest BCUT2D eigenvalue weighted by atomic mass is 10.2. The Kier molecular flexibility index (Phi) is 7.67. The second kappa shape index (κ2) is 7.66. The summed E-state index contributed by atoms with van der Waals surface area (Å²) in [6.07, 6.45) is 2.96. The van der Waals surface area contributed by atoms with Crippen LogP contribution in [0.5, 0.6) is 0 Å². The van der Waals surface area contributed by atoms with E-state index in [0.717, 1.165) is 30.8 Å². The fourth-order valence-corrected chi connectivity index (χ4v) is 1.82. The molecule has 0 aliphatic carbocycles. The molecule has 0 aliphatic rings. The third-order valence-corrected chi connectivity index (χ3v) is 2.95. The third kappa shape index (κ3) is 8.12. The van der Waals surface area contributed by atoms with Crippen LogP contribution in [0, 0.1) is 5.92 Å². The highest BCUT2D eigenvalue weighted by atomic mass is 32.2. The molecule has 0 amide bonds. The van der Waals surface area contributed by atoms with E-state index in [-0.39, 0.29) is 0 Å². The summed E-state index contributed by atoms with van der Waals surface area (Å²) in [5.41, 5.74) is 0. The molecule has 12 heavy (non-hydrogen) atoms. The molecule has 72 valence electrons. The molecule has 0 saturated heterocycles. The summed E-state index contributed by atoms with van der Waals surface area (Å²) in [5.74, 6) is 2.95. The topological polar surface area (TPSA) is 17.1 Å². The minimum atomic E-state index is 0.419. The molecule has 2 heteroatoms. The maximum absolute atomic E-state index is 11.2. The van der Waals surface area contributed by atoms with Crippen molar-refractivity contribution in [1.82, 2.24) is 0 Å². The first-order chi connectivity index (χ1) is 5.66. The number of Topliss-reactive ketones (excluding diaryl/α,β-unsaturated/α-hetero) is 1. The Bertz CT molecular complexity index is 121. The normalized spacial score (nSPS) is 10.7. The van der Waals surface area contributed by atoms with Gasteiger partial charge in [0.1, 0.15) is 5.78 Å². The molecule has 0 atom stereocenters. The van der Waals surface area contributed by atoms with E-state index in [0.29, 0.717) is 11.7 Å². The molecule has 0 saturated carbocycles. The van der Waals surface area contributed by atoms with Crippen LogP contribution in [0.2, 0.25) is 0 Å². The monoisotopic (exact) mass is 188 g/mol. The Balaban J connectivity index is 3.20. The molecular weight excluding hydrogens is 168 g/mol. The van der Waals surface area contributed by atoms with Crippen LogP contribution in [0.3, 0.4) is 0 Å². The van der Waals surface area contributed by atoms with E-state index in [2.05, 4.69) is 20.8 Å². The minimum absolute atomic E-state index is 0.419. The second-order valence-corrected chi connectivity index (χ2v) is 4.58. The van der Waals surface area contributed by atoms with Crippen LogP contribution in [0.15, 0.2) is 0 Å². The van der Waals surface area contributed by atoms with Gasteiger partial charge in [0.15, 0.2) is 0 Å². The molecule has 0 aromatic rings. The molecule has 0 rings (SSSR count). The minimum Gasteiger partial charge on any atom is -0.299 e. The zero-order chi connectivity index (χ0) is 9.40. The maximum atomic E-state index is 11.2. The number of hydrogen-bond acceptors (Lipinski definition) is 2. The zero-order valence-electron chi connectivity index (χ0n) is 8.43. The summed E-state index contributed by atoms with van der Waals surface area (Å²) in [5, 5.41) is 0. The van der Waals surface area contributed by atoms with Crippen LogP contribution >= 0.6 is 11.8 Å². The van der Waals surface area contributed by atoms with E-state index in [4.69, 9.17) is 0 Å². The van der Waals surface area contributed by atoms with Crippen molar-refractivity contribution in [3.63, 3.8) is 0 Å². The van der Waals surface area contributed by atoms with Gasteiger partial charge < -0.3 is 0 Å². The van der Waals surface area contributed by atoms with Gasteiger partial charge in [-0.1, -0.05) is 27.2 Å². The van der Waals surface area contributed by atoms with Crippen molar-refractivity contribution in [3.05, 3.63) is 0 Å². The first kappa shape index (κ1) is 12.0. The summed E-state index contributed by atoms with van der Waals surface area (Å²) in [4.78, 5) is 11.2. The Morgan fingerprint density at radius 1 is 1.42 bits per heavy atom. The Morgan fingerprint density at radius 2 is 2.08 bits per heavy atom. The molecular formula is C10H20OS. The number of hydrogen-bond donors (Lipinski definition) is 0. The quantitative estimate of drug-likeness (QED) is 0.610. The SMILES string of the molecule is CCCCC(=O)CSCC(C)C. The molecule has 0 spiro atoms. The fraction of sp³-hybridized carbons (Fsp3) is 0.900. The molecule has 0 fully saturated rings. The summed E-state index contributed by atoms with van der Waals surface area (Å²) < 4.78 is 0. The number of unbranched alkanes of at least 4 members (excludes halogenated alkanes) is 1. The van der Waals surface area contributed by atoms with E-state index in [1.54, 1.807) is 11.8 Å². The zero-order valence-corrected chi connectivity index (χ0v) is 9.25. The molecule has 0 bridgehead atoms. The van der Waals surface area contributed by atoms with Crippen LogP contribution in [0.4, 0.5) is 0 Å². The number of carbonyl (C=O) groups is 1. The third-order valence-electron chi connectivity index (χ3n) is 1.52. The van der Waals surface area contributed by atoms with Gasteiger partial charge in [0.05, 0.1) is 5.75 Å². The lowest BCUT2D eigenvalue weighted by molar-refractivity contribution is -0.116. The van der Waals surface area contributed by atoms with Gasteiger partial charge in [-0.2, -0.15) is 11.8 Å². The van der Waals surface area contributed by atoms with Crippen molar-refractivity contribution in [2.75, 3.05) is 11.5 Å². The van der Waals surface area contributed by atoms with Gasteiger partial charge in [0.2, 0.25) is 0 Å². The average molecular weight is 188 g/mol. The number of carbonyl (C=O) groups excluding carboxylic acids is 1. The second-order valence-electron chi connectivity index (χ2n) is 3.55. The van der Waals surface area contributed by atoms with Crippen LogP contribution in [-0.4, -0.2) is 17.3 Å². The number of ketones is 1.